The van der Waals surface area contributed by atoms with Crippen LogP contribution in [-0.2, 0) is 13.0 Å². The smallest absolute Gasteiger partial charge is 0.271 e. The summed E-state index contributed by atoms with van der Waals surface area (Å²) in [5.41, 5.74) is 7.63. The molecule has 4 aromatic carbocycles. The summed E-state index contributed by atoms with van der Waals surface area (Å²) in [7, 11) is 1.63. The van der Waals surface area contributed by atoms with E-state index in [4.69, 9.17) is 14.5 Å². The van der Waals surface area contributed by atoms with Gasteiger partial charge in [0.1, 0.15) is 6.61 Å². The van der Waals surface area contributed by atoms with Crippen molar-refractivity contribution >= 4 is 39.0 Å². The van der Waals surface area contributed by atoms with Crippen LogP contribution >= 0.6 is 27.3 Å². The van der Waals surface area contributed by atoms with Crippen molar-refractivity contribution in [2.24, 2.45) is 4.99 Å². The van der Waals surface area contributed by atoms with Crippen LogP contribution in [0.15, 0.2) is 117 Å². The summed E-state index contributed by atoms with van der Waals surface area (Å²) in [6.45, 7) is 0.443. The second-order valence-electron chi connectivity index (χ2n) is 10.3. The number of ether oxygens (including phenoxy) is 2. The molecule has 2 aliphatic rings. The zero-order valence-corrected chi connectivity index (χ0v) is 25.3. The van der Waals surface area contributed by atoms with Crippen LogP contribution in [0.1, 0.15) is 40.3 Å². The van der Waals surface area contributed by atoms with Gasteiger partial charge in [-0.2, -0.15) is 0 Å². The lowest BCUT2D eigenvalue weighted by atomic mass is 9.83. The molecule has 1 aliphatic carbocycles. The molecule has 1 atom stereocenters. The van der Waals surface area contributed by atoms with Gasteiger partial charge in [0.05, 0.1) is 23.4 Å². The fraction of sp³-hybridized carbons (Fsp3) is 0.143. The molecule has 0 bridgehead atoms. The average Bonchev–Trinajstić information content (AvgIpc) is 3.34. The minimum absolute atomic E-state index is 0.0413. The maximum atomic E-state index is 14.1. The van der Waals surface area contributed by atoms with E-state index in [1.165, 1.54) is 22.5 Å². The number of nitrogens with zero attached hydrogens (tertiary/aromatic N) is 2. The van der Waals surface area contributed by atoms with Crippen LogP contribution in [0.25, 0.3) is 11.8 Å². The minimum atomic E-state index is -0.205. The van der Waals surface area contributed by atoms with Gasteiger partial charge in [-0.1, -0.05) is 100 Å². The highest BCUT2D eigenvalue weighted by Crippen LogP contribution is 2.41. The number of hydrogen-bond donors (Lipinski definition) is 0. The van der Waals surface area contributed by atoms with Crippen LogP contribution in [0.2, 0.25) is 0 Å². The quantitative estimate of drug-likeness (QED) is 0.210. The van der Waals surface area contributed by atoms with Gasteiger partial charge in [0.25, 0.3) is 5.56 Å². The molecule has 0 radical (unpaired) electrons. The van der Waals surface area contributed by atoms with Crippen molar-refractivity contribution in [3.05, 3.63) is 155 Å². The summed E-state index contributed by atoms with van der Waals surface area (Å²) in [6, 6.07) is 32.3. The molecule has 42 heavy (non-hydrogen) atoms. The molecule has 0 unspecified atom stereocenters. The number of methoxy groups -OCH3 is 1. The molecule has 5 nitrogen and oxygen atoms in total. The summed E-state index contributed by atoms with van der Waals surface area (Å²) < 4.78 is 15.2. The molecule has 7 rings (SSSR count). The Kier molecular flexibility index (Phi) is 7.14. The van der Waals surface area contributed by atoms with Gasteiger partial charge in [-0.15, -0.1) is 0 Å². The number of thiazole rings is 1. The molecule has 5 aromatic rings. The average molecular weight is 636 g/mol. The van der Waals surface area contributed by atoms with Crippen LogP contribution in [0, 0.1) is 0 Å². The largest absolute Gasteiger partial charge is 0.493 e. The number of hydrogen-bond acceptors (Lipinski definition) is 5. The second kappa shape index (κ2) is 11.2. The van der Waals surface area contributed by atoms with Crippen LogP contribution < -0.4 is 24.4 Å². The highest BCUT2D eigenvalue weighted by molar-refractivity contribution is 9.10. The zero-order chi connectivity index (χ0) is 28.6. The molecular weight excluding hydrogens is 608 g/mol. The molecule has 0 saturated heterocycles. The van der Waals surface area contributed by atoms with Crippen molar-refractivity contribution < 1.29 is 9.47 Å². The van der Waals surface area contributed by atoms with E-state index < -0.39 is 0 Å². The Morgan fingerprint density at radius 3 is 2.55 bits per heavy atom. The summed E-state index contributed by atoms with van der Waals surface area (Å²) >= 11 is 4.99. The first-order valence-corrected chi connectivity index (χ1v) is 15.4. The van der Waals surface area contributed by atoms with Gasteiger partial charge >= 0.3 is 0 Å². The molecule has 0 spiro atoms. The summed E-state index contributed by atoms with van der Waals surface area (Å²) in [5.74, 6) is 1.27. The highest BCUT2D eigenvalue weighted by Gasteiger charge is 2.32. The molecule has 7 heteroatoms. The van der Waals surface area contributed by atoms with Crippen molar-refractivity contribution in [3.63, 3.8) is 0 Å². The van der Waals surface area contributed by atoms with E-state index in [-0.39, 0.29) is 11.6 Å². The molecule has 2 heterocycles. The monoisotopic (exact) mass is 634 g/mol. The van der Waals surface area contributed by atoms with Gasteiger partial charge in [-0.25, -0.2) is 4.99 Å². The Bertz CT molecular complexity index is 2010. The fourth-order valence-electron chi connectivity index (χ4n) is 5.75. The number of fused-ring (bicyclic) bond motifs is 3. The maximum Gasteiger partial charge on any atom is 0.271 e. The third kappa shape index (κ3) is 4.93. The lowest BCUT2D eigenvalue weighted by molar-refractivity contribution is 0.284. The van der Waals surface area contributed by atoms with Crippen molar-refractivity contribution in [2.75, 3.05) is 7.11 Å². The van der Waals surface area contributed by atoms with E-state index in [0.29, 0.717) is 27.4 Å². The number of benzene rings is 4. The Morgan fingerprint density at radius 2 is 1.74 bits per heavy atom. The van der Waals surface area contributed by atoms with E-state index in [1.54, 1.807) is 7.11 Å². The maximum absolute atomic E-state index is 14.1. The Morgan fingerprint density at radius 1 is 0.952 bits per heavy atom. The lowest BCUT2D eigenvalue weighted by Crippen LogP contribution is -2.38. The van der Waals surface area contributed by atoms with E-state index in [1.807, 2.05) is 71.3 Å². The summed E-state index contributed by atoms with van der Waals surface area (Å²) in [6.07, 6.45) is 3.71. The van der Waals surface area contributed by atoms with Gasteiger partial charge in [-0.3, -0.25) is 9.36 Å². The topological polar surface area (TPSA) is 52.8 Å². The van der Waals surface area contributed by atoms with Gasteiger partial charge in [0.2, 0.25) is 0 Å². The molecule has 1 aliphatic heterocycles. The predicted octanol–water partition coefficient (Wildman–Crippen LogP) is 6.67. The fourth-order valence-corrected chi connectivity index (χ4v) is 7.01. The predicted molar refractivity (Wildman–Crippen MR) is 171 cm³/mol. The third-order valence-corrected chi connectivity index (χ3v) is 9.29. The minimum Gasteiger partial charge on any atom is -0.493 e. The highest BCUT2D eigenvalue weighted by atomic mass is 79.9. The van der Waals surface area contributed by atoms with E-state index >= 15 is 0 Å². The number of rotatable bonds is 6. The van der Waals surface area contributed by atoms with Crippen LogP contribution in [0.3, 0.4) is 0 Å². The van der Waals surface area contributed by atoms with Crippen molar-refractivity contribution in [3.8, 4) is 11.5 Å². The molecule has 0 N–H and O–H groups in total. The molecule has 0 saturated carbocycles. The number of aromatic nitrogens is 1. The summed E-state index contributed by atoms with van der Waals surface area (Å²) in [4.78, 5) is 19.9. The molecular formula is C35H27BrN2O3S. The molecule has 0 fully saturated rings. The normalized spacial score (nSPS) is 15.9. The molecule has 1 aromatic heterocycles. The van der Waals surface area contributed by atoms with Crippen LogP contribution in [-0.4, -0.2) is 11.7 Å². The van der Waals surface area contributed by atoms with E-state index in [0.717, 1.165) is 45.3 Å². The number of halogens is 1. The van der Waals surface area contributed by atoms with Gasteiger partial charge in [0, 0.05) is 10.0 Å². The van der Waals surface area contributed by atoms with Crippen LogP contribution in [0.5, 0.6) is 11.5 Å². The van der Waals surface area contributed by atoms with Crippen LogP contribution in [0.4, 0.5) is 0 Å². The number of allylic oxidation sites excluding steroid dienone is 1. The van der Waals surface area contributed by atoms with Crippen molar-refractivity contribution in [1.29, 1.82) is 0 Å². The first-order valence-electron chi connectivity index (χ1n) is 13.8. The molecule has 0 amide bonds. The number of aryl methyl sites for hydroxylation is 1. The Hall–Kier alpha value is -4.20. The van der Waals surface area contributed by atoms with Gasteiger partial charge < -0.3 is 9.47 Å². The molecule has 208 valence electrons. The third-order valence-electron chi connectivity index (χ3n) is 7.78. The zero-order valence-electron chi connectivity index (χ0n) is 22.9. The first-order chi connectivity index (χ1) is 20.6. The van der Waals surface area contributed by atoms with Crippen molar-refractivity contribution in [2.45, 2.75) is 25.5 Å². The Balaban J connectivity index is 1.32. The van der Waals surface area contributed by atoms with E-state index in [9.17, 15) is 4.79 Å². The first kappa shape index (κ1) is 26.7. The van der Waals surface area contributed by atoms with E-state index in [2.05, 4.69) is 52.3 Å². The second-order valence-corrected chi connectivity index (χ2v) is 12.3. The Labute approximate surface area is 255 Å². The van der Waals surface area contributed by atoms with Gasteiger partial charge in [0.15, 0.2) is 16.3 Å². The lowest BCUT2D eigenvalue weighted by Gasteiger charge is -2.30. The van der Waals surface area contributed by atoms with Gasteiger partial charge in [-0.05, 0) is 71.0 Å². The van der Waals surface area contributed by atoms with Crippen molar-refractivity contribution in [1.82, 2.24) is 4.57 Å². The summed E-state index contributed by atoms with van der Waals surface area (Å²) in [5, 5.41) is 0. The standard InChI is InChI=1S/C35H27BrN2O3S/c1-40-30-19-23(11-18-29(30)41-21-22-7-3-2-4-8-22)20-31-34(39)38-33(25-12-15-26(36)16-13-25)28-17-14-24-9-5-6-10-27(24)32(28)37-35(38)42-31/h2-13,15-16,18-20,33H,14,17,21H2,1H3/b31-20-/t33-/m1/s1. The SMILES string of the molecule is COc1cc(/C=c2\sc3n(c2=O)[C@H](c2ccc(Br)cc2)C2=C(N=3)c3ccccc3CC2)ccc1OCc1ccccc1.